The first kappa shape index (κ1) is 13.2. The maximum absolute atomic E-state index is 5.97. The molecule has 1 unspecified atom stereocenters. The van der Waals surface area contributed by atoms with Crippen LogP contribution < -0.4 is 5.73 Å². The molecule has 2 aromatic rings. The third-order valence-electron chi connectivity index (χ3n) is 3.38. The fourth-order valence-corrected chi connectivity index (χ4v) is 3.28. The molecule has 0 aliphatic heterocycles. The van der Waals surface area contributed by atoms with E-state index in [0.717, 1.165) is 10.7 Å². The Morgan fingerprint density at radius 2 is 1.94 bits per heavy atom. The van der Waals surface area contributed by atoms with Crippen LogP contribution in [0.4, 0.5) is 0 Å². The third-order valence-corrected chi connectivity index (χ3v) is 4.57. The Hall–Kier alpha value is -1.19. The van der Waals surface area contributed by atoms with Crippen molar-refractivity contribution in [1.82, 2.24) is 4.98 Å². The minimum Gasteiger partial charge on any atom is -0.329 e. The van der Waals surface area contributed by atoms with E-state index >= 15 is 0 Å². The minimum atomic E-state index is 0.225. The molecule has 0 saturated carbocycles. The lowest BCUT2D eigenvalue weighted by Gasteiger charge is -2.15. The van der Waals surface area contributed by atoms with E-state index in [2.05, 4.69) is 50.9 Å². The number of nitrogens with zero attached hydrogens (tertiary/aromatic N) is 1. The van der Waals surface area contributed by atoms with Gasteiger partial charge < -0.3 is 5.73 Å². The molecular weight excluding hydrogens is 240 g/mol. The molecule has 0 saturated heterocycles. The number of hydrogen-bond donors (Lipinski definition) is 1. The van der Waals surface area contributed by atoms with Gasteiger partial charge >= 0.3 is 0 Å². The quantitative estimate of drug-likeness (QED) is 0.917. The first-order valence-corrected chi connectivity index (χ1v) is 7.05. The van der Waals surface area contributed by atoms with Gasteiger partial charge in [-0.1, -0.05) is 23.8 Å². The van der Waals surface area contributed by atoms with Crippen LogP contribution in [0, 0.1) is 27.7 Å². The van der Waals surface area contributed by atoms with Crippen LogP contribution >= 0.6 is 11.3 Å². The second-order valence-corrected chi connectivity index (χ2v) is 6.08. The van der Waals surface area contributed by atoms with E-state index in [1.165, 1.54) is 21.6 Å². The van der Waals surface area contributed by atoms with Gasteiger partial charge in [0.2, 0.25) is 0 Å². The predicted octanol–water partition coefficient (Wildman–Crippen LogP) is 3.47. The lowest BCUT2D eigenvalue weighted by atomic mass is 9.94. The van der Waals surface area contributed by atoms with Crippen LogP contribution in [0.25, 0.3) is 0 Å². The molecule has 1 atom stereocenters. The van der Waals surface area contributed by atoms with Gasteiger partial charge in [0.25, 0.3) is 0 Å². The molecule has 96 valence electrons. The molecule has 1 aromatic heterocycles. The average molecular weight is 260 g/mol. The zero-order chi connectivity index (χ0) is 13.3. The minimum absolute atomic E-state index is 0.225. The highest BCUT2D eigenvalue weighted by Crippen LogP contribution is 2.31. The number of aryl methyl sites for hydroxylation is 4. The summed E-state index contributed by atoms with van der Waals surface area (Å²) in [4.78, 5) is 5.95. The molecule has 1 heterocycles. The van der Waals surface area contributed by atoms with Crippen molar-refractivity contribution in [3.05, 3.63) is 50.5 Å². The first-order chi connectivity index (χ1) is 8.52. The van der Waals surface area contributed by atoms with Crippen molar-refractivity contribution >= 4 is 11.3 Å². The summed E-state index contributed by atoms with van der Waals surface area (Å²) in [5, 5.41) is 1.14. The van der Waals surface area contributed by atoms with Crippen LogP contribution in [0.1, 0.15) is 38.2 Å². The van der Waals surface area contributed by atoms with E-state index in [1.54, 1.807) is 11.3 Å². The molecular formula is C15H20N2S. The number of aromatic nitrogens is 1. The Labute approximate surface area is 113 Å². The summed E-state index contributed by atoms with van der Waals surface area (Å²) < 4.78 is 0. The molecule has 0 aliphatic rings. The van der Waals surface area contributed by atoms with Crippen molar-refractivity contribution in [2.24, 2.45) is 5.73 Å². The molecule has 18 heavy (non-hydrogen) atoms. The van der Waals surface area contributed by atoms with Crippen molar-refractivity contribution < 1.29 is 0 Å². The van der Waals surface area contributed by atoms with Gasteiger partial charge in [-0.25, -0.2) is 4.98 Å². The normalized spacial score (nSPS) is 12.7. The van der Waals surface area contributed by atoms with Gasteiger partial charge in [0.05, 0.1) is 5.69 Å². The Balaban J connectivity index is 2.45. The van der Waals surface area contributed by atoms with Gasteiger partial charge in [-0.05, 0) is 38.8 Å². The smallest absolute Gasteiger partial charge is 0.102 e. The topological polar surface area (TPSA) is 38.9 Å². The number of nitrogens with two attached hydrogens (primary N) is 1. The van der Waals surface area contributed by atoms with Gasteiger partial charge in [-0.3, -0.25) is 0 Å². The van der Waals surface area contributed by atoms with Crippen molar-refractivity contribution in [2.75, 3.05) is 6.54 Å². The maximum atomic E-state index is 5.97. The number of rotatable bonds is 3. The summed E-state index contributed by atoms with van der Waals surface area (Å²) in [7, 11) is 0. The molecule has 2 N–H and O–H groups in total. The van der Waals surface area contributed by atoms with Crippen LogP contribution in [0.2, 0.25) is 0 Å². The Bertz CT molecular complexity index is 538. The van der Waals surface area contributed by atoms with E-state index in [1.807, 2.05) is 0 Å². The molecule has 0 spiro atoms. The van der Waals surface area contributed by atoms with E-state index in [9.17, 15) is 0 Å². The Morgan fingerprint density at radius 1 is 1.22 bits per heavy atom. The second-order valence-electron chi connectivity index (χ2n) is 4.84. The zero-order valence-electron chi connectivity index (χ0n) is 11.4. The summed E-state index contributed by atoms with van der Waals surface area (Å²) in [6.07, 6.45) is 0. The number of thiazole rings is 1. The monoisotopic (exact) mass is 260 g/mol. The molecule has 2 nitrogen and oxygen atoms in total. The first-order valence-electron chi connectivity index (χ1n) is 6.24. The highest BCUT2D eigenvalue weighted by molar-refractivity contribution is 7.11. The summed E-state index contributed by atoms with van der Waals surface area (Å²) in [6.45, 7) is 9.05. The van der Waals surface area contributed by atoms with E-state index < -0.39 is 0 Å². The van der Waals surface area contributed by atoms with Crippen LogP contribution in [-0.4, -0.2) is 11.5 Å². The molecule has 3 heteroatoms. The molecule has 0 aliphatic carbocycles. The van der Waals surface area contributed by atoms with E-state index in [0.29, 0.717) is 6.54 Å². The van der Waals surface area contributed by atoms with Crippen molar-refractivity contribution in [2.45, 2.75) is 33.6 Å². The van der Waals surface area contributed by atoms with Crippen LogP contribution in [0.15, 0.2) is 18.2 Å². The summed E-state index contributed by atoms with van der Waals surface area (Å²) in [5.41, 5.74) is 11.0. The van der Waals surface area contributed by atoms with Gasteiger partial charge in [-0.15, -0.1) is 11.3 Å². The Morgan fingerprint density at radius 3 is 2.44 bits per heavy atom. The third kappa shape index (κ3) is 2.47. The van der Waals surface area contributed by atoms with Gasteiger partial charge in [0.1, 0.15) is 5.01 Å². The van der Waals surface area contributed by atoms with Crippen molar-refractivity contribution in [3.63, 3.8) is 0 Å². The predicted molar refractivity (Wildman–Crippen MR) is 78.4 cm³/mol. The second kappa shape index (κ2) is 5.21. The lowest BCUT2D eigenvalue weighted by Crippen LogP contribution is -2.15. The van der Waals surface area contributed by atoms with Gasteiger partial charge in [0, 0.05) is 17.3 Å². The highest BCUT2D eigenvalue weighted by atomic mass is 32.1. The lowest BCUT2D eigenvalue weighted by molar-refractivity contribution is 0.799. The maximum Gasteiger partial charge on any atom is 0.102 e. The molecule has 0 bridgehead atoms. The van der Waals surface area contributed by atoms with Crippen molar-refractivity contribution in [1.29, 1.82) is 0 Å². The molecule has 0 fully saturated rings. The fraction of sp³-hybridized carbons (Fsp3) is 0.400. The largest absolute Gasteiger partial charge is 0.329 e. The standard InChI is InChI=1S/C15H20N2S/c1-9-5-6-13(10(2)7-9)14(8-16)15-17-11(3)12(4)18-15/h5-7,14H,8,16H2,1-4H3. The zero-order valence-corrected chi connectivity index (χ0v) is 12.3. The summed E-state index contributed by atoms with van der Waals surface area (Å²) >= 11 is 1.76. The molecule has 0 amide bonds. The van der Waals surface area contributed by atoms with E-state index in [4.69, 9.17) is 5.73 Å². The van der Waals surface area contributed by atoms with Gasteiger partial charge in [0.15, 0.2) is 0 Å². The summed E-state index contributed by atoms with van der Waals surface area (Å²) in [5.74, 6) is 0.225. The molecule has 1 aromatic carbocycles. The summed E-state index contributed by atoms with van der Waals surface area (Å²) in [6, 6.07) is 6.55. The molecule has 0 radical (unpaired) electrons. The Kier molecular flexibility index (Phi) is 3.83. The van der Waals surface area contributed by atoms with Crippen molar-refractivity contribution in [3.8, 4) is 0 Å². The average Bonchev–Trinajstić information content (AvgIpc) is 2.63. The highest BCUT2D eigenvalue weighted by Gasteiger charge is 2.18. The fourth-order valence-electron chi connectivity index (χ4n) is 2.22. The van der Waals surface area contributed by atoms with E-state index in [-0.39, 0.29) is 5.92 Å². The SMILES string of the molecule is Cc1ccc(C(CN)c2nc(C)c(C)s2)c(C)c1. The molecule has 2 rings (SSSR count). The number of benzene rings is 1. The number of hydrogen-bond acceptors (Lipinski definition) is 3. The van der Waals surface area contributed by atoms with Crippen LogP contribution in [0.3, 0.4) is 0 Å². The van der Waals surface area contributed by atoms with Gasteiger partial charge in [-0.2, -0.15) is 0 Å². The van der Waals surface area contributed by atoms with Crippen LogP contribution in [-0.2, 0) is 0 Å². The van der Waals surface area contributed by atoms with Crippen LogP contribution in [0.5, 0.6) is 0 Å².